The molecular weight excluding hydrogens is 372 g/mol. The van der Waals surface area contributed by atoms with Gasteiger partial charge in [-0.05, 0) is 51.8 Å². The topological polar surface area (TPSA) is 46.5 Å². The quantitative estimate of drug-likeness (QED) is 0.387. The Labute approximate surface area is 178 Å². The van der Waals surface area contributed by atoms with Crippen molar-refractivity contribution >= 4 is 5.97 Å². The van der Waals surface area contributed by atoms with Crippen LogP contribution in [0.15, 0.2) is 79.4 Å². The monoisotopic (exact) mass is 400 g/mol. The van der Waals surface area contributed by atoms with Gasteiger partial charge in [-0.1, -0.05) is 80.2 Å². The summed E-state index contributed by atoms with van der Waals surface area (Å²) in [6.45, 7) is 5.98. The molecule has 154 valence electrons. The SMILES string of the molecule is C=CC(=O)OCCc1cc(-c2ccc(-c3ccccc3)cc2CC)ccc1CCO. The molecule has 0 heterocycles. The van der Waals surface area contributed by atoms with Gasteiger partial charge in [-0.3, -0.25) is 0 Å². The molecule has 0 aliphatic rings. The lowest BCUT2D eigenvalue weighted by Gasteiger charge is -2.15. The molecular formula is C27H28O3. The average molecular weight is 401 g/mol. The number of aliphatic hydroxyl groups excluding tert-OH is 1. The lowest BCUT2D eigenvalue weighted by atomic mass is 9.91. The molecule has 30 heavy (non-hydrogen) atoms. The molecule has 3 rings (SSSR count). The summed E-state index contributed by atoms with van der Waals surface area (Å²) in [6, 6.07) is 23.3. The molecule has 0 saturated carbocycles. The largest absolute Gasteiger partial charge is 0.462 e. The van der Waals surface area contributed by atoms with E-state index in [4.69, 9.17) is 4.74 Å². The van der Waals surface area contributed by atoms with Crippen molar-refractivity contribution in [3.63, 3.8) is 0 Å². The van der Waals surface area contributed by atoms with Crippen LogP contribution in [0.3, 0.4) is 0 Å². The third-order valence-electron chi connectivity index (χ3n) is 5.27. The zero-order valence-corrected chi connectivity index (χ0v) is 17.4. The molecule has 0 atom stereocenters. The number of hydrogen-bond acceptors (Lipinski definition) is 3. The van der Waals surface area contributed by atoms with Crippen molar-refractivity contribution in [2.75, 3.05) is 13.2 Å². The van der Waals surface area contributed by atoms with Gasteiger partial charge in [0, 0.05) is 19.1 Å². The summed E-state index contributed by atoms with van der Waals surface area (Å²) in [7, 11) is 0. The van der Waals surface area contributed by atoms with E-state index in [1.165, 1.54) is 28.3 Å². The van der Waals surface area contributed by atoms with Gasteiger partial charge in [0.25, 0.3) is 0 Å². The fourth-order valence-electron chi connectivity index (χ4n) is 3.69. The Morgan fingerprint density at radius 3 is 2.33 bits per heavy atom. The highest BCUT2D eigenvalue weighted by molar-refractivity contribution is 5.81. The van der Waals surface area contributed by atoms with Crippen molar-refractivity contribution in [2.45, 2.75) is 26.2 Å². The fourth-order valence-corrected chi connectivity index (χ4v) is 3.69. The molecule has 0 aliphatic heterocycles. The van der Waals surface area contributed by atoms with Crippen LogP contribution in [-0.2, 0) is 28.8 Å². The number of carbonyl (C=O) groups excluding carboxylic acids is 1. The van der Waals surface area contributed by atoms with E-state index in [1.807, 2.05) is 6.07 Å². The van der Waals surface area contributed by atoms with E-state index in [-0.39, 0.29) is 6.61 Å². The first kappa shape index (κ1) is 21.5. The molecule has 3 nitrogen and oxygen atoms in total. The molecule has 0 bridgehead atoms. The molecule has 3 aromatic carbocycles. The van der Waals surface area contributed by atoms with Crippen molar-refractivity contribution in [1.29, 1.82) is 0 Å². The molecule has 0 aromatic heterocycles. The fraction of sp³-hybridized carbons (Fsp3) is 0.222. The number of hydrogen-bond donors (Lipinski definition) is 1. The van der Waals surface area contributed by atoms with E-state index in [0.29, 0.717) is 19.4 Å². The summed E-state index contributed by atoms with van der Waals surface area (Å²) in [5.41, 5.74) is 8.22. The van der Waals surface area contributed by atoms with Gasteiger partial charge in [-0.2, -0.15) is 0 Å². The Morgan fingerprint density at radius 1 is 0.900 bits per heavy atom. The van der Waals surface area contributed by atoms with E-state index < -0.39 is 5.97 Å². The number of benzene rings is 3. The van der Waals surface area contributed by atoms with Crippen LogP contribution in [0.1, 0.15) is 23.6 Å². The zero-order valence-electron chi connectivity index (χ0n) is 17.4. The molecule has 0 unspecified atom stereocenters. The van der Waals surface area contributed by atoms with E-state index in [1.54, 1.807) is 0 Å². The van der Waals surface area contributed by atoms with Crippen molar-refractivity contribution in [3.8, 4) is 22.3 Å². The standard InChI is InChI=1S/C27H28O3/c1-3-20-18-23(21-8-6-5-7-9-21)12-13-26(20)25-11-10-22(14-16-28)24(19-25)15-17-30-27(29)4-2/h4-13,18-19,28H,2-3,14-17H2,1H3. The predicted molar refractivity (Wildman–Crippen MR) is 122 cm³/mol. The Morgan fingerprint density at radius 2 is 1.63 bits per heavy atom. The third-order valence-corrected chi connectivity index (χ3v) is 5.27. The first-order chi connectivity index (χ1) is 14.7. The number of carbonyl (C=O) groups is 1. The van der Waals surface area contributed by atoms with E-state index in [0.717, 1.165) is 23.1 Å². The molecule has 0 aliphatic carbocycles. The number of ether oxygens (including phenoxy) is 1. The van der Waals surface area contributed by atoms with Crippen LogP contribution in [0.4, 0.5) is 0 Å². The maximum Gasteiger partial charge on any atom is 0.330 e. The summed E-state index contributed by atoms with van der Waals surface area (Å²) in [5, 5.41) is 9.40. The minimum absolute atomic E-state index is 0.0881. The van der Waals surface area contributed by atoms with E-state index in [2.05, 4.69) is 74.2 Å². The number of esters is 1. The zero-order chi connectivity index (χ0) is 21.3. The smallest absolute Gasteiger partial charge is 0.330 e. The first-order valence-electron chi connectivity index (χ1n) is 10.4. The van der Waals surface area contributed by atoms with Crippen molar-refractivity contribution in [2.24, 2.45) is 0 Å². The molecule has 0 amide bonds. The van der Waals surface area contributed by atoms with Gasteiger partial charge in [0.05, 0.1) is 6.61 Å². The summed E-state index contributed by atoms with van der Waals surface area (Å²) >= 11 is 0. The Bertz CT molecular complexity index is 1010. The number of aryl methyl sites for hydroxylation is 1. The highest BCUT2D eigenvalue weighted by atomic mass is 16.5. The Balaban J connectivity index is 1.93. The maximum atomic E-state index is 11.4. The second-order valence-electron chi connectivity index (χ2n) is 7.17. The summed E-state index contributed by atoms with van der Waals surface area (Å²) in [6.07, 6.45) is 3.29. The Hall–Kier alpha value is -3.17. The van der Waals surface area contributed by atoms with Crippen LogP contribution in [0, 0.1) is 0 Å². The lowest BCUT2D eigenvalue weighted by molar-refractivity contribution is -0.137. The number of aliphatic hydroxyl groups is 1. The minimum Gasteiger partial charge on any atom is -0.462 e. The van der Waals surface area contributed by atoms with Gasteiger partial charge >= 0.3 is 5.97 Å². The van der Waals surface area contributed by atoms with Crippen LogP contribution < -0.4 is 0 Å². The lowest BCUT2D eigenvalue weighted by Crippen LogP contribution is -2.07. The molecule has 3 heteroatoms. The highest BCUT2D eigenvalue weighted by Gasteiger charge is 2.10. The molecule has 0 saturated heterocycles. The first-order valence-corrected chi connectivity index (χ1v) is 10.4. The average Bonchev–Trinajstić information content (AvgIpc) is 2.80. The number of rotatable bonds is 9. The van der Waals surface area contributed by atoms with Gasteiger partial charge in [0.2, 0.25) is 0 Å². The molecule has 1 N–H and O–H groups in total. The molecule has 0 spiro atoms. The van der Waals surface area contributed by atoms with Crippen LogP contribution in [0.5, 0.6) is 0 Å². The van der Waals surface area contributed by atoms with Crippen LogP contribution >= 0.6 is 0 Å². The molecule has 0 radical (unpaired) electrons. The normalized spacial score (nSPS) is 10.6. The van der Waals surface area contributed by atoms with Gasteiger partial charge < -0.3 is 9.84 Å². The summed E-state index contributed by atoms with van der Waals surface area (Å²) in [4.78, 5) is 11.4. The van der Waals surface area contributed by atoms with E-state index in [9.17, 15) is 9.90 Å². The predicted octanol–water partition coefficient (Wildman–Crippen LogP) is 5.39. The van der Waals surface area contributed by atoms with Gasteiger partial charge in [-0.15, -0.1) is 0 Å². The van der Waals surface area contributed by atoms with Gasteiger partial charge in [-0.25, -0.2) is 4.79 Å². The summed E-state index contributed by atoms with van der Waals surface area (Å²) < 4.78 is 5.16. The molecule has 3 aromatic rings. The van der Waals surface area contributed by atoms with Crippen molar-refractivity contribution in [3.05, 3.63) is 96.1 Å². The third kappa shape index (κ3) is 5.25. The minimum atomic E-state index is -0.417. The van der Waals surface area contributed by atoms with Crippen molar-refractivity contribution < 1.29 is 14.6 Å². The van der Waals surface area contributed by atoms with Crippen LogP contribution in [-0.4, -0.2) is 24.3 Å². The van der Waals surface area contributed by atoms with Crippen LogP contribution in [0.2, 0.25) is 0 Å². The summed E-state index contributed by atoms with van der Waals surface area (Å²) in [5.74, 6) is -0.417. The second kappa shape index (κ2) is 10.6. The second-order valence-corrected chi connectivity index (χ2v) is 7.17. The van der Waals surface area contributed by atoms with Crippen LogP contribution in [0.25, 0.3) is 22.3 Å². The van der Waals surface area contributed by atoms with E-state index >= 15 is 0 Å². The maximum absolute atomic E-state index is 11.4. The van der Waals surface area contributed by atoms with Gasteiger partial charge in [0.1, 0.15) is 0 Å². The van der Waals surface area contributed by atoms with Crippen molar-refractivity contribution in [1.82, 2.24) is 0 Å². The molecule has 0 fully saturated rings. The highest BCUT2D eigenvalue weighted by Crippen LogP contribution is 2.31. The Kier molecular flexibility index (Phi) is 7.58. The van der Waals surface area contributed by atoms with Gasteiger partial charge in [0.15, 0.2) is 0 Å².